The van der Waals surface area contributed by atoms with Crippen molar-refractivity contribution in [2.24, 2.45) is 0 Å². The average molecular weight is 526 g/mol. The van der Waals surface area contributed by atoms with Crippen molar-refractivity contribution in [3.05, 3.63) is 126 Å². The molecule has 0 N–H and O–H groups in total. The monoisotopic (exact) mass is 525 g/mol. The fourth-order valence-corrected chi connectivity index (χ4v) is 6.10. The molecule has 0 radical (unpaired) electrons. The van der Waals surface area contributed by atoms with Crippen molar-refractivity contribution in [3.8, 4) is 45.3 Å². The normalized spacial score (nSPS) is 11.3. The van der Waals surface area contributed by atoms with E-state index in [-0.39, 0.29) is 0 Å². The lowest BCUT2D eigenvalue weighted by molar-refractivity contribution is 1.07. The Balaban J connectivity index is 1.42. The molecule has 2 heterocycles. The van der Waals surface area contributed by atoms with E-state index < -0.39 is 0 Å². The number of rotatable bonds is 4. The van der Waals surface area contributed by atoms with Crippen LogP contribution in [0.15, 0.2) is 121 Å². The van der Waals surface area contributed by atoms with E-state index in [9.17, 15) is 0 Å². The summed E-state index contributed by atoms with van der Waals surface area (Å²) in [6.07, 6.45) is 0. The quantitative estimate of drug-likeness (QED) is 0.229. The van der Waals surface area contributed by atoms with Crippen LogP contribution < -0.4 is 0 Å². The topological polar surface area (TPSA) is 38.7 Å². The molecule has 5 aromatic carbocycles. The van der Waals surface area contributed by atoms with Crippen molar-refractivity contribution < 1.29 is 0 Å². The fraction of sp³-hybridized carbons (Fsp3) is 0. The van der Waals surface area contributed by atoms with Gasteiger partial charge < -0.3 is 0 Å². The van der Waals surface area contributed by atoms with Gasteiger partial charge in [0.1, 0.15) is 0 Å². The molecule has 7 rings (SSSR count). The number of fused-ring (bicyclic) bond motifs is 3. The molecular formula is C33H20ClN3S. The molecule has 0 bridgehead atoms. The first-order valence-corrected chi connectivity index (χ1v) is 13.5. The van der Waals surface area contributed by atoms with Crippen LogP contribution in [0.2, 0.25) is 5.02 Å². The number of thiophene rings is 1. The highest BCUT2D eigenvalue weighted by molar-refractivity contribution is 7.26. The van der Waals surface area contributed by atoms with Gasteiger partial charge in [0.05, 0.1) is 9.72 Å². The molecule has 0 amide bonds. The third-order valence-electron chi connectivity index (χ3n) is 6.60. The SMILES string of the molecule is Clc1cccc2c1sc1ccc(-c3nc(-c4ccccc4)nc(-c4cccc(-c5ccccc5)c4)n3)cc12. The maximum absolute atomic E-state index is 6.50. The Morgan fingerprint density at radius 1 is 0.447 bits per heavy atom. The van der Waals surface area contributed by atoms with Crippen LogP contribution in [0, 0.1) is 0 Å². The highest BCUT2D eigenvalue weighted by Gasteiger charge is 2.15. The van der Waals surface area contributed by atoms with Crippen LogP contribution in [0.3, 0.4) is 0 Å². The number of benzene rings is 5. The zero-order valence-corrected chi connectivity index (χ0v) is 21.7. The molecule has 0 spiro atoms. The van der Waals surface area contributed by atoms with E-state index >= 15 is 0 Å². The largest absolute Gasteiger partial charge is 0.208 e. The molecule has 3 nitrogen and oxygen atoms in total. The Hall–Kier alpha value is -4.38. The van der Waals surface area contributed by atoms with Gasteiger partial charge in [-0.1, -0.05) is 103 Å². The Kier molecular flexibility index (Phi) is 5.69. The van der Waals surface area contributed by atoms with Crippen molar-refractivity contribution in [2.75, 3.05) is 0 Å². The molecule has 0 unspecified atom stereocenters. The minimum Gasteiger partial charge on any atom is -0.208 e. The molecule has 5 heteroatoms. The average Bonchev–Trinajstić information content (AvgIpc) is 3.37. The van der Waals surface area contributed by atoms with Crippen molar-refractivity contribution in [1.29, 1.82) is 0 Å². The fourth-order valence-electron chi connectivity index (χ4n) is 4.72. The maximum atomic E-state index is 6.50. The summed E-state index contributed by atoms with van der Waals surface area (Å²) in [5, 5.41) is 3.07. The summed E-state index contributed by atoms with van der Waals surface area (Å²) in [6.45, 7) is 0. The summed E-state index contributed by atoms with van der Waals surface area (Å²) in [4.78, 5) is 14.8. The van der Waals surface area contributed by atoms with E-state index in [0.29, 0.717) is 17.5 Å². The third kappa shape index (κ3) is 4.14. The lowest BCUT2D eigenvalue weighted by Gasteiger charge is -2.10. The molecule has 0 aliphatic carbocycles. The lowest BCUT2D eigenvalue weighted by Crippen LogP contribution is -2.00. The minimum absolute atomic E-state index is 0.641. The predicted octanol–water partition coefficient (Wildman–Crippen LogP) is 9.56. The first kappa shape index (κ1) is 22.8. The van der Waals surface area contributed by atoms with Gasteiger partial charge in [-0.15, -0.1) is 11.3 Å². The number of hydrogen-bond donors (Lipinski definition) is 0. The number of aromatic nitrogens is 3. The predicted molar refractivity (Wildman–Crippen MR) is 159 cm³/mol. The van der Waals surface area contributed by atoms with Gasteiger partial charge in [0.25, 0.3) is 0 Å². The Morgan fingerprint density at radius 2 is 1.03 bits per heavy atom. The Bertz CT molecular complexity index is 1930. The smallest absolute Gasteiger partial charge is 0.164 e. The van der Waals surface area contributed by atoms with Crippen molar-refractivity contribution in [3.63, 3.8) is 0 Å². The van der Waals surface area contributed by atoms with Crippen LogP contribution >= 0.6 is 22.9 Å². The highest BCUT2D eigenvalue weighted by atomic mass is 35.5. The minimum atomic E-state index is 0.641. The van der Waals surface area contributed by atoms with Crippen LogP contribution in [0.25, 0.3) is 65.5 Å². The molecule has 7 aromatic rings. The van der Waals surface area contributed by atoms with Gasteiger partial charge >= 0.3 is 0 Å². The molecule has 0 atom stereocenters. The number of halogens is 1. The summed E-state index contributed by atoms with van der Waals surface area (Å²) in [6, 6.07) is 41.2. The summed E-state index contributed by atoms with van der Waals surface area (Å²) >= 11 is 8.20. The molecule has 0 saturated heterocycles. The molecule has 0 saturated carbocycles. The van der Waals surface area contributed by atoms with E-state index in [0.717, 1.165) is 48.3 Å². The second-order valence-corrected chi connectivity index (χ2v) is 10.5. The highest BCUT2D eigenvalue weighted by Crippen LogP contribution is 2.39. The van der Waals surface area contributed by atoms with Gasteiger partial charge in [0.2, 0.25) is 0 Å². The molecule has 0 fully saturated rings. The van der Waals surface area contributed by atoms with E-state index in [2.05, 4.69) is 60.7 Å². The van der Waals surface area contributed by atoms with Gasteiger partial charge in [0.15, 0.2) is 17.5 Å². The van der Waals surface area contributed by atoms with E-state index in [1.54, 1.807) is 11.3 Å². The van der Waals surface area contributed by atoms with Gasteiger partial charge in [0, 0.05) is 32.2 Å². The standard InChI is InChI=1S/C33H20ClN3S/c34-28-16-8-15-26-27-20-25(17-18-29(27)38-30(26)28)33-36-31(22-11-5-2-6-12-22)35-32(37-33)24-14-7-13-23(19-24)21-9-3-1-4-10-21/h1-20H. The maximum Gasteiger partial charge on any atom is 0.164 e. The molecular weight excluding hydrogens is 506 g/mol. The molecule has 2 aromatic heterocycles. The molecule has 0 aliphatic rings. The van der Waals surface area contributed by atoms with Gasteiger partial charge in [-0.05, 0) is 41.5 Å². The summed E-state index contributed by atoms with van der Waals surface area (Å²) in [5.74, 6) is 1.93. The first-order valence-electron chi connectivity index (χ1n) is 12.3. The lowest BCUT2D eigenvalue weighted by atomic mass is 10.0. The van der Waals surface area contributed by atoms with Gasteiger partial charge in [-0.25, -0.2) is 15.0 Å². The van der Waals surface area contributed by atoms with Crippen LogP contribution in [0.1, 0.15) is 0 Å². The zero-order valence-electron chi connectivity index (χ0n) is 20.2. The van der Waals surface area contributed by atoms with E-state index in [1.807, 2.05) is 60.7 Å². The molecule has 38 heavy (non-hydrogen) atoms. The van der Waals surface area contributed by atoms with Crippen LogP contribution in [0.5, 0.6) is 0 Å². The number of nitrogens with zero attached hydrogens (tertiary/aromatic N) is 3. The zero-order chi connectivity index (χ0) is 25.5. The van der Waals surface area contributed by atoms with Crippen molar-refractivity contribution in [1.82, 2.24) is 15.0 Å². The van der Waals surface area contributed by atoms with Gasteiger partial charge in [-0.3, -0.25) is 0 Å². The number of hydrogen-bond acceptors (Lipinski definition) is 4. The third-order valence-corrected chi connectivity index (χ3v) is 8.25. The van der Waals surface area contributed by atoms with Crippen LogP contribution in [-0.4, -0.2) is 15.0 Å². The summed E-state index contributed by atoms with van der Waals surface area (Å²) in [7, 11) is 0. The Morgan fingerprint density at radius 3 is 1.76 bits per heavy atom. The molecule has 180 valence electrons. The van der Waals surface area contributed by atoms with Gasteiger partial charge in [-0.2, -0.15) is 0 Å². The summed E-state index contributed by atoms with van der Waals surface area (Å²) < 4.78 is 2.28. The second-order valence-electron chi connectivity index (χ2n) is 9.05. The van der Waals surface area contributed by atoms with E-state index in [1.165, 1.54) is 4.70 Å². The second kappa shape index (κ2) is 9.49. The summed E-state index contributed by atoms with van der Waals surface area (Å²) in [5.41, 5.74) is 5.11. The first-order chi connectivity index (χ1) is 18.7. The molecule has 0 aliphatic heterocycles. The Labute approximate surface area is 229 Å². The van der Waals surface area contributed by atoms with Crippen molar-refractivity contribution >= 4 is 43.1 Å². The van der Waals surface area contributed by atoms with Crippen LogP contribution in [0.4, 0.5) is 0 Å². The van der Waals surface area contributed by atoms with Crippen LogP contribution in [-0.2, 0) is 0 Å². The van der Waals surface area contributed by atoms with E-state index in [4.69, 9.17) is 26.6 Å². The van der Waals surface area contributed by atoms with Crippen molar-refractivity contribution in [2.45, 2.75) is 0 Å².